The van der Waals surface area contributed by atoms with Crippen molar-refractivity contribution >= 4 is 28.1 Å². The van der Waals surface area contributed by atoms with Crippen molar-refractivity contribution in [2.45, 2.75) is 65.3 Å². The quantitative estimate of drug-likeness (QED) is 0.261. The summed E-state index contributed by atoms with van der Waals surface area (Å²) < 4.78 is 0. The number of hydrogen-bond acceptors (Lipinski definition) is 3. The molecule has 0 bridgehead atoms. The van der Waals surface area contributed by atoms with Gasteiger partial charge in [0, 0.05) is 26.9 Å². The third kappa shape index (κ3) is 4.54. The molecule has 0 spiro atoms. The molecule has 146 valence electrons. The first kappa shape index (κ1) is 21.5. The molecule has 0 fully saturated rings. The van der Waals surface area contributed by atoms with Gasteiger partial charge in [0.05, 0.1) is 5.57 Å². The Morgan fingerprint density at radius 2 is 1.52 bits per heavy atom. The SMILES string of the molecule is CC(CCCCCCC[SiH3])C(C)(C)C1=C(C=O)C(=O)c2ccccc2C1=O. The summed E-state index contributed by atoms with van der Waals surface area (Å²) in [6.45, 7) is 6.12. The fourth-order valence-corrected chi connectivity index (χ4v) is 4.48. The van der Waals surface area contributed by atoms with Crippen molar-refractivity contribution in [3.63, 3.8) is 0 Å². The average molecular weight is 385 g/mol. The van der Waals surface area contributed by atoms with Crippen LogP contribution in [0.2, 0.25) is 6.04 Å². The highest BCUT2D eigenvalue weighted by Crippen LogP contribution is 2.43. The predicted molar refractivity (Wildman–Crippen MR) is 114 cm³/mol. The van der Waals surface area contributed by atoms with E-state index in [-0.39, 0.29) is 23.1 Å². The summed E-state index contributed by atoms with van der Waals surface area (Å²) in [4.78, 5) is 37.7. The van der Waals surface area contributed by atoms with Gasteiger partial charge in [-0.05, 0) is 17.8 Å². The second-order valence-electron chi connectivity index (χ2n) is 8.29. The van der Waals surface area contributed by atoms with E-state index in [1.165, 1.54) is 42.0 Å². The molecule has 0 aliphatic heterocycles. The highest BCUT2D eigenvalue weighted by atomic mass is 28.1. The van der Waals surface area contributed by atoms with Crippen LogP contribution in [0.3, 0.4) is 0 Å². The van der Waals surface area contributed by atoms with Crippen LogP contribution in [0.25, 0.3) is 0 Å². The van der Waals surface area contributed by atoms with Crippen LogP contribution in [0, 0.1) is 11.3 Å². The summed E-state index contributed by atoms with van der Waals surface area (Å²) in [7, 11) is 1.29. The van der Waals surface area contributed by atoms with E-state index >= 15 is 0 Å². The zero-order valence-corrected chi connectivity index (χ0v) is 19.1. The van der Waals surface area contributed by atoms with Crippen LogP contribution in [0.15, 0.2) is 35.4 Å². The Morgan fingerprint density at radius 3 is 2.11 bits per heavy atom. The highest BCUT2D eigenvalue weighted by molar-refractivity contribution is 6.33. The van der Waals surface area contributed by atoms with E-state index in [0.29, 0.717) is 23.0 Å². The van der Waals surface area contributed by atoms with E-state index in [0.717, 1.165) is 12.8 Å². The average Bonchev–Trinajstić information content (AvgIpc) is 2.66. The summed E-state index contributed by atoms with van der Waals surface area (Å²) in [5, 5.41) is 0. The highest BCUT2D eigenvalue weighted by Gasteiger charge is 2.41. The number of carbonyl (C=O) groups excluding carboxylic acids is 3. The monoisotopic (exact) mass is 384 g/mol. The fourth-order valence-electron chi connectivity index (χ4n) is 3.98. The lowest BCUT2D eigenvalue weighted by molar-refractivity contribution is -0.104. The van der Waals surface area contributed by atoms with E-state index in [1.807, 2.05) is 13.8 Å². The molecule has 1 atom stereocenters. The van der Waals surface area contributed by atoms with E-state index in [9.17, 15) is 14.4 Å². The molecule has 1 unspecified atom stereocenters. The number of aldehydes is 1. The number of hydrogen-bond donors (Lipinski definition) is 0. The van der Waals surface area contributed by atoms with Gasteiger partial charge < -0.3 is 0 Å². The van der Waals surface area contributed by atoms with Gasteiger partial charge in [0.25, 0.3) is 0 Å². The summed E-state index contributed by atoms with van der Waals surface area (Å²) in [5.41, 5.74) is 0.681. The lowest BCUT2D eigenvalue weighted by Gasteiger charge is -2.36. The Labute approximate surface area is 166 Å². The number of rotatable bonds is 10. The van der Waals surface area contributed by atoms with Gasteiger partial charge in [-0.15, -0.1) is 0 Å². The smallest absolute Gasteiger partial charge is 0.197 e. The Balaban J connectivity index is 2.21. The molecule has 0 N–H and O–H groups in total. The molecule has 0 radical (unpaired) electrons. The minimum atomic E-state index is -0.522. The lowest BCUT2D eigenvalue weighted by atomic mass is 9.65. The van der Waals surface area contributed by atoms with Gasteiger partial charge in [0.15, 0.2) is 17.9 Å². The van der Waals surface area contributed by atoms with Crippen molar-refractivity contribution in [3.05, 3.63) is 46.5 Å². The third-order valence-corrected chi connectivity index (χ3v) is 6.85. The third-order valence-electron chi connectivity index (χ3n) is 6.14. The first-order chi connectivity index (χ1) is 12.9. The standard InChI is InChI=1S/C23H32O3Si/c1-16(11-7-5-4-6-10-14-27)23(2,3)20-19(15-24)21(25)17-12-8-9-13-18(17)22(20)26/h8-9,12-13,15-16H,4-7,10-11,14H2,1-3,27H3. The zero-order chi connectivity index (χ0) is 20.0. The van der Waals surface area contributed by atoms with Crippen LogP contribution in [0.4, 0.5) is 0 Å². The van der Waals surface area contributed by atoms with Crippen LogP contribution < -0.4 is 0 Å². The lowest BCUT2D eigenvalue weighted by Crippen LogP contribution is -2.35. The molecular formula is C23H32O3Si. The molecule has 0 aromatic heterocycles. The van der Waals surface area contributed by atoms with E-state index in [2.05, 4.69) is 6.92 Å². The van der Waals surface area contributed by atoms with Crippen LogP contribution in [0.5, 0.6) is 0 Å². The Kier molecular flexibility index (Phi) is 7.48. The number of allylic oxidation sites excluding steroid dienone is 2. The molecule has 1 aliphatic rings. The molecule has 0 saturated heterocycles. The Morgan fingerprint density at radius 1 is 0.963 bits per heavy atom. The topological polar surface area (TPSA) is 51.2 Å². The number of unbranched alkanes of at least 4 members (excludes halogenated alkanes) is 4. The first-order valence-corrected chi connectivity index (χ1v) is 11.7. The number of carbonyl (C=O) groups is 3. The second kappa shape index (κ2) is 9.40. The van der Waals surface area contributed by atoms with Crippen molar-refractivity contribution in [1.29, 1.82) is 0 Å². The van der Waals surface area contributed by atoms with Crippen LogP contribution >= 0.6 is 0 Å². The molecule has 4 heteroatoms. The normalized spacial score (nSPS) is 15.8. The molecule has 0 saturated carbocycles. The zero-order valence-electron chi connectivity index (χ0n) is 17.1. The number of benzene rings is 1. The molecule has 0 amide bonds. The predicted octanol–water partition coefficient (Wildman–Crippen LogP) is 4.35. The van der Waals surface area contributed by atoms with Crippen LogP contribution in [-0.2, 0) is 4.79 Å². The maximum atomic E-state index is 13.2. The molecular weight excluding hydrogens is 352 g/mol. The van der Waals surface area contributed by atoms with Crippen molar-refractivity contribution in [2.75, 3.05) is 0 Å². The molecule has 1 aliphatic carbocycles. The number of ketones is 2. The summed E-state index contributed by atoms with van der Waals surface area (Å²) >= 11 is 0. The van der Waals surface area contributed by atoms with E-state index < -0.39 is 5.41 Å². The van der Waals surface area contributed by atoms with Crippen molar-refractivity contribution in [2.24, 2.45) is 11.3 Å². The van der Waals surface area contributed by atoms with Crippen molar-refractivity contribution in [1.82, 2.24) is 0 Å². The van der Waals surface area contributed by atoms with Gasteiger partial charge >= 0.3 is 0 Å². The largest absolute Gasteiger partial charge is 0.298 e. The first-order valence-electron chi connectivity index (χ1n) is 10.2. The number of Topliss-reactive ketones (excluding diaryl/α,β-unsaturated/α-hetero) is 2. The minimum absolute atomic E-state index is 0.0441. The van der Waals surface area contributed by atoms with Gasteiger partial charge in [0.1, 0.15) is 0 Å². The summed E-state index contributed by atoms with van der Waals surface area (Å²) in [6, 6.07) is 8.19. The second-order valence-corrected chi connectivity index (χ2v) is 9.29. The molecule has 1 aromatic rings. The maximum absolute atomic E-state index is 13.2. The maximum Gasteiger partial charge on any atom is 0.197 e. The van der Waals surface area contributed by atoms with Gasteiger partial charge in [-0.25, -0.2) is 0 Å². The molecule has 1 aromatic carbocycles. The molecule has 0 heterocycles. The summed E-state index contributed by atoms with van der Waals surface area (Å²) in [5.74, 6) is -0.280. The Hall–Kier alpha value is -1.81. The number of fused-ring (bicyclic) bond motifs is 1. The van der Waals surface area contributed by atoms with Crippen molar-refractivity contribution in [3.8, 4) is 0 Å². The molecule has 3 nitrogen and oxygen atoms in total. The summed E-state index contributed by atoms with van der Waals surface area (Å²) in [6.07, 6.45) is 7.82. The minimum Gasteiger partial charge on any atom is -0.298 e. The van der Waals surface area contributed by atoms with Crippen LogP contribution in [-0.4, -0.2) is 28.1 Å². The fraction of sp³-hybridized carbons (Fsp3) is 0.522. The van der Waals surface area contributed by atoms with Crippen LogP contribution in [0.1, 0.15) is 80.0 Å². The van der Waals surface area contributed by atoms with Gasteiger partial charge in [-0.1, -0.05) is 83.2 Å². The van der Waals surface area contributed by atoms with E-state index in [1.54, 1.807) is 24.3 Å². The van der Waals surface area contributed by atoms with Crippen molar-refractivity contribution < 1.29 is 14.4 Å². The van der Waals surface area contributed by atoms with E-state index in [4.69, 9.17) is 0 Å². The van der Waals surface area contributed by atoms with Gasteiger partial charge in [-0.2, -0.15) is 0 Å². The van der Waals surface area contributed by atoms with Gasteiger partial charge in [0.2, 0.25) is 0 Å². The Bertz CT molecular complexity index is 746. The molecule has 2 rings (SSSR count). The van der Waals surface area contributed by atoms with Gasteiger partial charge in [-0.3, -0.25) is 14.4 Å². The molecule has 27 heavy (non-hydrogen) atoms.